The van der Waals surface area contributed by atoms with Gasteiger partial charge < -0.3 is 9.88 Å². The van der Waals surface area contributed by atoms with Crippen LogP contribution in [0.5, 0.6) is 0 Å². The summed E-state index contributed by atoms with van der Waals surface area (Å²) in [5, 5.41) is 5.46. The number of fused-ring (bicyclic) bond motifs is 1. The highest BCUT2D eigenvalue weighted by molar-refractivity contribution is 9.11. The zero-order valence-electron chi connectivity index (χ0n) is 11.7. The van der Waals surface area contributed by atoms with Crippen LogP contribution in [0.1, 0.15) is 17.4 Å². The average Bonchev–Trinajstić information content (AvgIpc) is 3.01. The van der Waals surface area contributed by atoms with Crippen LogP contribution in [0, 0.1) is 0 Å². The van der Waals surface area contributed by atoms with Gasteiger partial charge in [0.1, 0.15) is 0 Å². The maximum atomic E-state index is 6.18. The lowest BCUT2D eigenvalue weighted by molar-refractivity contribution is 0.725. The summed E-state index contributed by atoms with van der Waals surface area (Å²) in [5.74, 6) is 0. The Labute approximate surface area is 141 Å². The van der Waals surface area contributed by atoms with E-state index in [9.17, 15) is 0 Å². The summed E-state index contributed by atoms with van der Waals surface area (Å²) < 4.78 is 3.45. The van der Waals surface area contributed by atoms with Gasteiger partial charge in [-0.25, -0.2) is 0 Å². The Morgan fingerprint density at radius 3 is 2.86 bits per heavy atom. The number of nitrogens with one attached hydrogen (secondary N) is 1. The third-order valence-corrected chi connectivity index (χ3v) is 5.29. The summed E-state index contributed by atoms with van der Waals surface area (Å²) in [6.45, 7) is 4.85. The molecule has 0 aliphatic carbocycles. The molecule has 0 fully saturated rings. The zero-order valence-corrected chi connectivity index (χ0v) is 14.9. The highest BCUT2D eigenvalue weighted by Crippen LogP contribution is 2.28. The van der Waals surface area contributed by atoms with Gasteiger partial charge in [-0.05, 0) is 52.3 Å². The standard InChI is InChI=1S/C16H16BrClN2S/c1-2-19-8-11-9-20(10-13-4-6-16(17)21-13)15-7-12(18)3-5-14(11)15/h3-7,9,19H,2,8,10H2,1H3. The Hall–Kier alpha value is -0.810. The van der Waals surface area contributed by atoms with Gasteiger partial charge in [0.25, 0.3) is 0 Å². The molecule has 0 saturated heterocycles. The molecular weight excluding hydrogens is 368 g/mol. The van der Waals surface area contributed by atoms with Crippen LogP contribution in [-0.2, 0) is 13.1 Å². The first-order chi connectivity index (χ1) is 10.2. The van der Waals surface area contributed by atoms with Gasteiger partial charge in [0.15, 0.2) is 0 Å². The van der Waals surface area contributed by atoms with Crippen molar-refractivity contribution in [3.05, 3.63) is 55.8 Å². The maximum Gasteiger partial charge on any atom is 0.0702 e. The molecular formula is C16H16BrClN2S. The predicted molar refractivity (Wildman–Crippen MR) is 95.4 cm³/mol. The quantitative estimate of drug-likeness (QED) is 0.634. The lowest BCUT2D eigenvalue weighted by Gasteiger charge is -2.03. The second-order valence-corrected chi connectivity index (χ2v) is 7.91. The van der Waals surface area contributed by atoms with Crippen molar-refractivity contribution in [3.8, 4) is 0 Å². The second kappa shape index (κ2) is 6.53. The van der Waals surface area contributed by atoms with Crippen LogP contribution in [0.4, 0.5) is 0 Å². The van der Waals surface area contributed by atoms with Gasteiger partial charge in [0, 0.05) is 28.0 Å². The minimum absolute atomic E-state index is 0.782. The van der Waals surface area contributed by atoms with Crippen molar-refractivity contribution < 1.29 is 0 Å². The van der Waals surface area contributed by atoms with E-state index >= 15 is 0 Å². The van der Waals surface area contributed by atoms with E-state index in [0.717, 1.165) is 24.7 Å². The van der Waals surface area contributed by atoms with Crippen molar-refractivity contribution in [1.82, 2.24) is 9.88 Å². The van der Waals surface area contributed by atoms with Crippen molar-refractivity contribution in [2.45, 2.75) is 20.0 Å². The van der Waals surface area contributed by atoms with E-state index in [1.807, 2.05) is 6.07 Å². The van der Waals surface area contributed by atoms with Gasteiger partial charge in [0.05, 0.1) is 15.8 Å². The highest BCUT2D eigenvalue weighted by Gasteiger charge is 2.10. The lowest BCUT2D eigenvalue weighted by Crippen LogP contribution is -2.11. The van der Waals surface area contributed by atoms with Crippen LogP contribution in [0.25, 0.3) is 10.9 Å². The molecule has 0 unspecified atom stereocenters. The first-order valence-electron chi connectivity index (χ1n) is 6.89. The Bertz CT molecular complexity index is 763. The maximum absolute atomic E-state index is 6.18. The molecule has 2 heterocycles. The number of halogens is 2. The molecule has 2 nitrogen and oxygen atoms in total. The van der Waals surface area contributed by atoms with E-state index < -0.39 is 0 Å². The predicted octanol–water partition coefficient (Wildman–Crippen LogP) is 5.28. The second-order valence-electron chi connectivity index (χ2n) is 4.93. The molecule has 5 heteroatoms. The minimum Gasteiger partial charge on any atom is -0.342 e. The molecule has 2 aromatic heterocycles. The molecule has 0 bridgehead atoms. The number of hydrogen-bond acceptors (Lipinski definition) is 2. The van der Waals surface area contributed by atoms with Gasteiger partial charge >= 0.3 is 0 Å². The van der Waals surface area contributed by atoms with Crippen LogP contribution >= 0.6 is 38.9 Å². The number of hydrogen-bond donors (Lipinski definition) is 1. The van der Waals surface area contributed by atoms with Crippen molar-refractivity contribution in [2.75, 3.05) is 6.54 Å². The molecule has 21 heavy (non-hydrogen) atoms. The number of rotatable bonds is 5. The smallest absolute Gasteiger partial charge is 0.0702 e. The fourth-order valence-electron chi connectivity index (χ4n) is 2.48. The van der Waals surface area contributed by atoms with Gasteiger partial charge in [0.2, 0.25) is 0 Å². The average molecular weight is 384 g/mol. The normalized spacial score (nSPS) is 11.4. The van der Waals surface area contributed by atoms with Crippen LogP contribution in [0.2, 0.25) is 5.02 Å². The number of nitrogens with zero attached hydrogens (tertiary/aromatic N) is 1. The minimum atomic E-state index is 0.782. The molecule has 0 atom stereocenters. The summed E-state index contributed by atoms with van der Waals surface area (Å²) in [6.07, 6.45) is 2.23. The summed E-state index contributed by atoms with van der Waals surface area (Å²) in [7, 11) is 0. The molecule has 0 aliphatic heterocycles. The van der Waals surface area contributed by atoms with E-state index in [1.165, 1.54) is 25.1 Å². The fraction of sp³-hybridized carbons (Fsp3) is 0.250. The molecule has 0 saturated carbocycles. The molecule has 3 aromatic rings. The van der Waals surface area contributed by atoms with E-state index in [2.05, 4.69) is 63.2 Å². The number of aromatic nitrogens is 1. The number of benzene rings is 1. The third kappa shape index (κ3) is 3.34. The van der Waals surface area contributed by atoms with Crippen LogP contribution in [0.15, 0.2) is 40.3 Å². The van der Waals surface area contributed by atoms with Crippen molar-refractivity contribution in [2.24, 2.45) is 0 Å². The molecule has 0 radical (unpaired) electrons. The first-order valence-corrected chi connectivity index (χ1v) is 8.88. The van der Waals surface area contributed by atoms with Gasteiger partial charge in [-0.15, -0.1) is 11.3 Å². The summed E-state index contributed by atoms with van der Waals surface area (Å²) in [5.41, 5.74) is 2.51. The van der Waals surface area contributed by atoms with E-state index in [1.54, 1.807) is 11.3 Å². The molecule has 1 N–H and O–H groups in total. The van der Waals surface area contributed by atoms with Gasteiger partial charge in [-0.2, -0.15) is 0 Å². The molecule has 0 amide bonds. The fourth-order valence-corrected chi connectivity index (χ4v) is 4.13. The van der Waals surface area contributed by atoms with E-state index in [-0.39, 0.29) is 0 Å². The van der Waals surface area contributed by atoms with Gasteiger partial charge in [-0.1, -0.05) is 24.6 Å². The van der Waals surface area contributed by atoms with E-state index in [4.69, 9.17) is 11.6 Å². The van der Waals surface area contributed by atoms with Crippen LogP contribution in [0.3, 0.4) is 0 Å². The Kier molecular flexibility index (Phi) is 4.69. The largest absolute Gasteiger partial charge is 0.342 e. The van der Waals surface area contributed by atoms with Gasteiger partial charge in [-0.3, -0.25) is 0 Å². The summed E-state index contributed by atoms with van der Waals surface area (Å²) in [6, 6.07) is 10.4. The SMILES string of the molecule is CCNCc1cn(Cc2ccc(Br)s2)c2cc(Cl)ccc12. The number of thiophene rings is 1. The molecule has 0 aliphatic rings. The third-order valence-electron chi connectivity index (χ3n) is 3.45. The van der Waals surface area contributed by atoms with Crippen molar-refractivity contribution in [3.63, 3.8) is 0 Å². The first kappa shape index (κ1) is 15.1. The molecule has 110 valence electrons. The molecule has 0 spiro atoms. The van der Waals surface area contributed by atoms with E-state index in [0.29, 0.717) is 0 Å². The summed E-state index contributed by atoms with van der Waals surface area (Å²) in [4.78, 5) is 1.33. The molecule has 1 aromatic carbocycles. The zero-order chi connectivity index (χ0) is 14.8. The van der Waals surface area contributed by atoms with Crippen LogP contribution in [-0.4, -0.2) is 11.1 Å². The molecule has 3 rings (SSSR count). The van der Waals surface area contributed by atoms with Crippen molar-refractivity contribution in [1.29, 1.82) is 0 Å². The monoisotopic (exact) mass is 382 g/mol. The lowest BCUT2D eigenvalue weighted by atomic mass is 10.2. The topological polar surface area (TPSA) is 17.0 Å². The highest BCUT2D eigenvalue weighted by atomic mass is 79.9. The Morgan fingerprint density at radius 1 is 1.29 bits per heavy atom. The van der Waals surface area contributed by atoms with Crippen molar-refractivity contribution >= 4 is 49.8 Å². The summed E-state index contributed by atoms with van der Waals surface area (Å²) >= 11 is 11.5. The van der Waals surface area contributed by atoms with Crippen LogP contribution < -0.4 is 5.32 Å². The Balaban J connectivity index is 2.01. The Morgan fingerprint density at radius 2 is 2.14 bits per heavy atom.